The van der Waals surface area contributed by atoms with E-state index < -0.39 is 46.5 Å². The number of ether oxygens (including phenoxy) is 2. The summed E-state index contributed by atoms with van der Waals surface area (Å²) in [5.41, 5.74) is -4.14. The summed E-state index contributed by atoms with van der Waals surface area (Å²) in [6.45, 7) is 2.66. The molecule has 0 unspecified atom stereocenters. The van der Waals surface area contributed by atoms with Gasteiger partial charge in [-0.25, -0.2) is 4.79 Å². The molecule has 8 heteroatoms. The summed E-state index contributed by atoms with van der Waals surface area (Å²) < 4.78 is 10.8. The van der Waals surface area contributed by atoms with Gasteiger partial charge in [-0.2, -0.15) is 0 Å². The van der Waals surface area contributed by atoms with Gasteiger partial charge in [0.1, 0.15) is 6.10 Å². The highest BCUT2D eigenvalue weighted by molar-refractivity contribution is 6.53. The van der Waals surface area contributed by atoms with E-state index in [9.17, 15) is 24.0 Å². The fourth-order valence-electron chi connectivity index (χ4n) is 4.98. The van der Waals surface area contributed by atoms with Crippen molar-refractivity contribution < 1.29 is 33.4 Å². The number of ketones is 2. The van der Waals surface area contributed by atoms with E-state index >= 15 is 0 Å². The van der Waals surface area contributed by atoms with E-state index in [4.69, 9.17) is 9.47 Å². The second kappa shape index (κ2) is 8.70. The van der Waals surface area contributed by atoms with Crippen molar-refractivity contribution in [3.05, 3.63) is 78.4 Å². The number of hydrogen-bond acceptors (Lipinski definition) is 7. The molecule has 34 heavy (non-hydrogen) atoms. The molecule has 1 heterocycles. The van der Waals surface area contributed by atoms with Crippen LogP contribution in [0.15, 0.2) is 72.8 Å². The number of nitrogens with zero attached hydrogens (tertiary/aromatic N) is 1. The second-order valence-corrected chi connectivity index (χ2v) is 8.05. The quantitative estimate of drug-likeness (QED) is 0.214. The first kappa shape index (κ1) is 23.1. The van der Waals surface area contributed by atoms with Gasteiger partial charge in [0, 0.05) is 24.6 Å². The number of para-hydroxylation sites is 1. The number of anilines is 1. The highest BCUT2D eigenvalue weighted by Crippen LogP contribution is 2.56. The molecule has 0 saturated carbocycles. The molecule has 1 amide bonds. The van der Waals surface area contributed by atoms with Gasteiger partial charge in [-0.3, -0.25) is 24.1 Å². The number of amides is 1. The predicted molar refractivity (Wildman–Crippen MR) is 121 cm³/mol. The largest absolute Gasteiger partial charge is 0.464 e. The smallest absolute Gasteiger partial charge is 0.334 e. The first-order valence-corrected chi connectivity index (χ1v) is 10.9. The Labute approximate surface area is 196 Å². The first-order chi connectivity index (χ1) is 16.3. The number of carbonyl (C=O) groups is 5. The molecule has 0 spiro atoms. The number of hydrogen-bond donors (Lipinski definition) is 0. The lowest BCUT2D eigenvalue weighted by Crippen LogP contribution is -2.69. The maximum atomic E-state index is 14.2. The molecule has 1 fully saturated rings. The fourth-order valence-corrected chi connectivity index (χ4v) is 4.98. The first-order valence-electron chi connectivity index (χ1n) is 10.9. The van der Waals surface area contributed by atoms with Crippen molar-refractivity contribution >= 4 is 35.1 Å². The average Bonchev–Trinajstić information content (AvgIpc) is 3.05. The van der Waals surface area contributed by atoms with Crippen molar-refractivity contribution in [3.63, 3.8) is 0 Å². The maximum absolute atomic E-state index is 14.2. The van der Waals surface area contributed by atoms with Gasteiger partial charge in [-0.15, -0.1) is 0 Å². The SMILES string of the molecule is CCOC(=O)[C@@]12CC=C[C@H](OC(C)=O)[C@]1(C(=O)c1ccccc1)C(=O)C(=O)N2c1ccccc1. The summed E-state index contributed by atoms with van der Waals surface area (Å²) in [6, 6.07) is 16.0. The number of Topliss-reactive ketones (excluding diaryl/α,β-unsaturated/α-hetero) is 2. The number of benzene rings is 2. The van der Waals surface area contributed by atoms with Gasteiger partial charge in [0.15, 0.2) is 16.7 Å². The third-order valence-electron chi connectivity index (χ3n) is 6.26. The van der Waals surface area contributed by atoms with Crippen LogP contribution in [-0.2, 0) is 28.7 Å². The van der Waals surface area contributed by atoms with Gasteiger partial charge in [-0.1, -0.05) is 54.6 Å². The summed E-state index contributed by atoms with van der Waals surface area (Å²) in [7, 11) is 0. The zero-order chi connectivity index (χ0) is 24.5. The summed E-state index contributed by atoms with van der Waals surface area (Å²) in [5.74, 6) is -4.68. The normalized spacial score (nSPS) is 25.6. The molecule has 0 radical (unpaired) electrons. The van der Waals surface area contributed by atoms with E-state index in [1.165, 1.54) is 24.3 Å². The average molecular weight is 461 g/mol. The van der Waals surface area contributed by atoms with Gasteiger partial charge in [0.2, 0.25) is 5.78 Å². The number of esters is 2. The predicted octanol–water partition coefficient (Wildman–Crippen LogP) is 2.67. The highest BCUT2D eigenvalue weighted by atomic mass is 16.5. The Kier molecular flexibility index (Phi) is 5.91. The standard InChI is InChI=1S/C26H23NO7/c1-3-33-24(32)25-16-10-15-20(34-17(2)28)26(25,21(29)18-11-6-4-7-12-18)22(30)23(31)27(25)19-13-8-5-9-14-19/h4-15,20H,3,16H2,1-2H3/t20-,25-,26-/m0/s1. The Balaban J connectivity index is 2.10. The minimum Gasteiger partial charge on any atom is -0.464 e. The summed E-state index contributed by atoms with van der Waals surface area (Å²) in [4.78, 5) is 68.6. The number of rotatable bonds is 6. The molecule has 8 nitrogen and oxygen atoms in total. The lowest BCUT2D eigenvalue weighted by Gasteiger charge is -2.48. The zero-order valence-corrected chi connectivity index (χ0v) is 18.7. The molecule has 0 N–H and O–H groups in total. The molecule has 1 aliphatic carbocycles. The minimum absolute atomic E-state index is 0.0524. The Hall–Kier alpha value is -4.07. The van der Waals surface area contributed by atoms with Crippen LogP contribution in [0.5, 0.6) is 0 Å². The van der Waals surface area contributed by atoms with Gasteiger partial charge >= 0.3 is 11.9 Å². The Bertz CT molecular complexity index is 1190. The van der Waals surface area contributed by atoms with Crippen molar-refractivity contribution in [2.45, 2.75) is 31.9 Å². The molecule has 4 rings (SSSR count). The molecular formula is C26H23NO7. The summed E-state index contributed by atoms with van der Waals surface area (Å²) >= 11 is 0. The van der Waals surface area contributed by atoms with Gasteiger partial charge in [-0.05, 0) is 25.1 Å². The van der Waals surface area contributed by atoms with Crippen LogP contribution < -0.4 is 4.90 Å². The highest BCUT2D eigenvalue weighted by Gasteiger charge is 2.80. The van der Waals surface area contributed by atoms with Gasteiger partial charge in [0.05, 0.1) is 6.61 Å². The van der Waals surface area contributed by atoms with Crippen LogP contribution in [0.3, 0.4) is 0 Å². The third-order valence-corrected chi connectivity index (χ3v) is 6.26. The monoisotopic (exact) mass is 461 g/mol. The molecule has 174 valence electrons. The van der Waals surface area contributed by atoms with Crippen molar-refractivity contribution in [2.24, 2.45) is 5.41 Å². The molecular weight excluding hydrogens is 438 g/mol. The topological polar surface area (TPSA) is 107 Å². The van der Waals surface area contributed by atoms with Crippen molar-refractivity contribution in [2.75, 3.05) is 11.5 Å². The minimum atomic E-state index is -2.38. The van der Waals surface area contributed by atoms with E-state index in [0.717, 1.165) is 11.8 Å². The number of fused-ring (bicyclic) bond motifs is 1. The van der Waals surface area contributed by atoms with Crippen molar-refractivity contribution in [3.8, 4) is 0 Å². The molecule has 2 aromatic rings. The van der Waals surface area contributed by atoms with Gasteiger partial charge < -0.3 is 9.47 Å². The lowest BCUT2D eigenvalue weighted by molar-refractivity contribution is -0.165. The van der Waals surface area contributed by atoms with E-state index in [2.05, 4.69) is 0 Å². The number of carbonyl (C=O) groups excluding carboxylic acids is 5. The zero-order valence-electron chi connectivity index (χ0n) is 18.7. The van der Waals surface area contributed by atoms with E-state index in [-0.39, 0.29) is 24.3 Å². The van der Waals surface area contributed by atoms with Crippen LogP contribution in [0.4, 0.5) is 5.69 Å². The van der Waals surface area contributed by atoms with Crippen LogP contribution >= 0.6 is 0 Å². The molecule has 0 bridgehead atoms. The molecule has 1 aliphatic heterocycles. The Morgan fingerprint density at radius 3 is 2.21 bits per heavy atom. The molecule has 1 saturated heterocycles. The van der Waals surface area contributed by atoms with Crippen LogP contribution in [0, 0.1) is 5.41 Å². The van der Waals surface area contributed by atoms with Crippen molar-refractivity contribution in [1.29, 1.82) is 0 Å². The lowest BCUT2D eigenvalue weighted by atomic mass is 9.58. The summed E-state index contributed by atoms with van der Waals surface area (Å²) in [6.07, 6.45) is 1.23. The van der Waals surface area contributed by atoms with Gasteiger partial charge in [0.25, 0.3) is 5.91 Å². The van der Waals surface area contributed by atoms with E-state index in [1.807, 2.05) is 0 Å². The van der Waals surface area contributed by atoms with Crippen molar-refractivity contribution in [1.82, 2.24) is 0 Å². The van der Waals surface area contributed by atoms with Crippen LogP contribution in [0.2, 0.25) is 0 Å². The van der Waals surface area contributed by atoms with Crippen LogP contribution in [0.25, 0.3) is 0 Å². The Morgan fingerprint density at radius 2 is 1.62 bits per heavy atom. The van der Waals surface area contributed by atoms with Crippen LogP contribution in [-0.4, -0.2) is 47.7 Å². The molecule has 2 aromatic carbocycles. The fraction of sp³-hybridized carbons (Fsp3) is 0.269. The van der Waals surface area contributed by atoms with E-state index in [0.29, 0.717) is 0 Å². The Morgan fingerprint density at radius 1 is 1.00 bits per heavy atom. The van der Waals surface area contributed by atoms with Crippen LogP contribution in [0.1, 0.15) is 30.6 Å². The van der Waals surface area contributed by atoms with E-state index in [1.54, 1.807) is 55.5 Å². The molecule has 2 aliphatic rings. The molecule has 3 atom stereocenters. The third kappa shape index (κ3) is 3.09. The molecule has 0 aromatic heterocycles. The second-order valence-electron chi connectivity index (χ2n) is 8.05. The maximum Gasteiger partial charge on any atom is 0.334 e. The summed E-state index contributed by atoms with van der Waals surface area (Å²) in [5, 5.41) is 0.